The lowest BCUT2D eigenvalue weighted by Crippen LogP contribution is -2.40. The van der Waals surface area contributed by atoms with Crippen LogP contribution in [-0.4, -0.2) is 37.1 Å². The highest BCUT2D eigenvalue weighted by Gasteiger charge is 2.23. The van der Waals surface area contributed by atoms with E-state index in [0.29, 0.717) is 18.7 Å². The molecule has 5 heteroatoms. The maximum atomic E-state index is 12.1. The van der Waals surface area contributed by atoms with Crippen molar-refractivity contribution < 1.29 is 13.9 Å². The minimum Gasteiger partial charge on any atom is -0.452 e. The van der Waals surface area contributed by atoms with Crippen LogP contribution in [0.1, 0.15) is 24.2 Å². The van der Waals surface area contributed by atoms with Crippen molar-refractivity contribution >= 4 is 17.5 Å². The summed E-state index contributed by atoms with van der Waals surface area (Å²) in [5, 5.41) is 0.132. The van der Waals surface area contributed by atoms with Crippen molar-refractivity contribution in [1.82, 2.24) is 4.90 Å². The van der Waals surface area contributed by atoms with Gasteiger partial charge in [-0.25, -0.2) is 0 Å². The Kier molecular flexibility index (Phi) is 4.83. The van der Waals surface area contributed by atoms with E-state index in [9.17, 15) is 4.79 Å². The van der Waals surface area contributed by atoms with Gasteiger partial charge in [0.25, 0.3) is 5.91 Å². The van der Waals surface area contributed by atoms with Crippen molar-refractivity contribution in [3.05, 3.63) is 23.1 Å². The third-order valence-corrected chi connectivity index (χ3v) is 2.68. The smallest absolute Gasteiger partial charge is 0.259 e. The predicted molar refractivity (Wildman–Crippen MR) is 61.8 cm³/mol. The van der Waals surface area contributed by atoms with E-state index in [1.807, 2.05) is 13.8 Å². The summed E-state index contributed by atoms with van der Waals surface area (Å²) in [5.74, 6) is -0.134. The van der Waals surface area contributed by atoms with Crippen LogP contribution in [-0.2, 0) is 4.74 Å². The van der Waals surface area contributed by atoms with Gasteiger partial charge in [-0.05, 0) is 31.5 Å². The molecule has 1 aromatic rings. The fourth-order valence-corrected chi connectivity index (χ4v) is 1.78. The van der Waals surface area contributed by atoms with Crippen molar-refractivity contribution in [1.29, 1.82) is 0 Å². The van der Waals surface area contributed by atoms with Gasteiger partial charge < -0.3 is 14.1 Å². The van der Waals surface area contributed by atoms with Crippen LogP contribution < -0.4 is 0 Å². The van der Waals surface area contributed by atoms with Gasteiger partial charge in [0, 0.05) is 13.7 Å². The lowest BCUT2D eigenvalue weighted by Gasteiger charge is -2.27. The van der Waals surface area contributed by atoms with E-state index < -0.39 is 0 Å². The Hall–Kier alpha value is -1.00. The highest BCUT2D eigenvalue weighted by atomic mass is 35.5. The Morgan fingerprint density at radius 1 is 1.69 bits per heavy atom. The minimum atomic E-state index is -0.134. The van der Waals surface area contributed by atoms with Gasteiger partial charge >= 0.3 is 0 Å². The number of furan rings is 1. The van der Waals surface area contributed by atoms with Crippen LogP contribution in [0.2, 0.25) is 5.22 Å². The molecule has 0 fully saturated rings. The van der Waals surface area contributed by atoms with Crippen LogP contribution in [0, 0.1) is 0 Å². The second kappa shape index (κ2) is 5.92. The van der Waals surface area contributed by atoms with Crippen LogP contribution >= 0.6 is 11.6 Å². The third kappa shape index (κ3) is 2.77. The molecule has 0 N–H and O–H groups in total. The van der Waals surface area contributed by atoms with E-state index in [0.717, 1.165) is 0 Å². The lowest BCUT2D eigenvalue weighted by atomic mass is 10.2. The molecule has 0 saturated carbocycles. The van der Waals surface area contributed by atoms with Crippen LogP contribution in [0.3, 0.4) is 0 Å². The lowest BCUT2D eigenvalue weighted by molar-refractivity contribution is 0.0579. The maximum Gasteiger partial charge on any atom is 0.259 e. The highest BCUT2D eigenvalue weighted by molar-refractivity contribution is 6.32. The van der Waals surface area contributed by atoms with Gasteiger partial charge in [0.05, 0.1) is 24.5 Å². The molecule has 1 rings (SSSR count). The average molecular weight is 246 g/mol. The third-order valence-electron chi connectivity index (χ3n) is 2.39. The summed E-state index contributed by atoms with van der Waals surface area (Å²) >= 11 is 5.77. The summed E-state index contributed by atoms with van der Waals surface area (Å²) in [6, 6.07) is 1.58. The minimum absolute atomic E-state index is 0.00784. The number of halogens is 1. The molecule has 1 aromatic heterocycles. The van der Waals surface area contributed by atoms with Crippen molar-refractivity contribution in [2.24, 2.45) is 0 Å². The zero-order valence-corrected chi connectivity index (χ0v) is 10.5. The standard InChI is InChI=1S/C11H16ClNO3/c1-4-13(8(2)7-15-3)11(14)9-5-6-16-10(9)12/h5-6,8H,4,7H2,1-3H3. The molecule has 1 amide bonds. The summed E-state index contributed by atoms with van der Waals surface area (Å²) in [6.07, 6.45) is 1.41. The second-order valence-corrected chi connectivity index (χ2v) is 3.85. The average Bonchev–Trinajstić information content (AvgIpc) is 2.65. The van der Waals surface area contributed by atoms with Gasteiger partial charge in [-0.2, -0.15) is 0 Å². The summed E-state index contributed by atoms with van der Waals surface area (Å²) in [5.41, 5.74) is 0.395. The summed E-state index contributed by atoms with van der Waals surface area (Å²) < 4.78 is 9.94. The zero-order valence-electron chi connectivity index (χ0n) is 9.70. The number of carbonyl (C=O) groups excluding carboxylic acids is 1. The van der Waals surface area contributed by atoms with Crippen LogP contribution in [0.4, 0.5) is 0 Å². The molecule has 0 spiro atoms. The molecule has 0 radical (unpaired) electrons. The number of carbonyl (C=O) groups is 1. The first-order valence-corrected chi connectivity index (χ1v) is 5.52. The number of methoxy groups -OCH3 is 1. The molecule has 1 unspecified atom stereocenters. The van der Waals surface area contributed by atoms with Gasteiger partial charge in [-0.1, -0.05) is 0 Å². The molecule has 16 heavy (non-hydrogen) atoms. The molecule has 0 aliphatic heterocycles. The highest BCUT2D eigenvalue weighted by Crippen LogP contribution is 2.19. The molecule has 90 valence electrons. The van der Waals surface area contributed by atoms with E-state index in [-0.39, 0.29) is 17.2 Å². The number of ether oxygens (including phenoxy) is 1. The van der Waals surface area contributed by atoms with Crippen molar-refractivity contribution in [3.63, 3.8) is 0 Å². The first kappa shape index (κ1) is 13.1. The summed E-state index contributed by atoms with van der Waals surface area (Å²) in [7, 11) is 1.61. The van der Waals surface area contributed by atoms with Crippen LogP contribution in [0.5, 0.6) is 0 Å². The van der Waals surface area contributed by atoms with Gasteiger partial charge in [0.15, 0.2) is 0 Å². The topological polar surface area (TPSA) is 42.7 Å². The van der Waals surface area contributed by atoms with E-state index in [1.54, 1.807) is 18.1 Å². The molecule has 0 aliphatic carbocycles. The Labute approximate surface area is 100 Å². The van der Waals surface area contributed by atoms with E-state index in [4.69, 9.17) is 20.8 Å². The predicted octanol–water partition coefficient (Wildman–Crippen LogP) is 2.43. The molecule has 0 saturated heterocycles. The fraction of sp³-hybridized carbons (Fsp3) is 0.545. The Morgan fingerprint density at radius 2 is 2.38 bits per heavy atom. The summed E-state index contributed by atoms with van der Waals surface area (Å²) in [6.45, 7) is 4.94. The number of hydrogen-bond acceptors (Lipinski definition) is 3. The molecule has 4 nitrogen and oxygen atoms in total. The Bertz CT molecular complexity index is 351. The van der Waals surface area contributed by atoms with E-state index >= 15 is 0 Å². The van der Waals surface area contributed by atoms with E-state index in [2.05, 4.69) is 0 Å². The number of likely N-dealkylation sites (N-methyl/N-ethyl adjacent to an activating group) is 1. The molecule has 0 aliphatic rings. The van der Waals surface area contributed by atoms with Gasteiger partial charge in [0.1, 0.15) is 0 Å². The number of amides is 1. The monoisotopic (exact) mass is 245 g/mol. The van der Waals surface area contributed by atoms with Crippen molar-refractivity contribution in [2.75, 3.05) is 20.3 Å². The molecule has 0 bridgehead atoms. The van der Waals surface area contributed by atoms with E-state index in [1.165, 1.54) is 6.26 Å². The van der Waals surface area contributed by atoms with Crippen molar-refractivity contribution in [2.45, 2.75) is 19.9 Å². The van der Waals surface area contributed by atoms with Crippen molar-refractivity contribution in [3.8, 4) is 0 Å². The van der Waals surface area contributed by atoms with Gasteiger partial charge in [0.2, 0.25) is 5.22 Å². The molecular weight excluding hydrogens is 230 g/mol. The second-order valence-electron chi connectivity index (χ2n) is 3.50. The first-order valence-electron chi connectivity index (χ1n) is 5.14. The largest absolute Gasteiger partial charge is 0.452 e. The SMILES string of the molecule is CCN(C(=O)c1ccoc1Cl)C(C)COC. The molecule has 0 aromatic carbocycles. The fourth-order valence-electron chi connectivity index (χ4n) is 1.59. The normalized spacial score (nSPS) is 12.5. The zero-order chi connectivity index (χ0) is 12.1. The maximum absolute atomic E-state index is 12.1. The van der Waals surface area contributed by atoms with Gasteiger partial charge in [-0.15, -0.1) is 0 Å². The first-order chi connectivity index (χ1) is 7.61. The van der Waals surface area contributed by atoms with Crippen LogP contribution in [0.15, 0.2) is 16.7 Å². The number of hydrogen-bond donors (Lipinski definition) is 0. The van der Waals surface area contributed by atoms with Crippen LogP contribution in [0.25, 0.3) is 0 Å². The number of nitrogens with zero attached hydrogens (tertiary/aromatic N) is 1. The quantitative estimate of drug-likeness (QED) is 0.800. The Balaban J connectivity index is 2.81. The Morgan fingerprint density at radius 3 is 2.81 bits per heavy atom. The summed E-state index contributed by atoms with van der Waals surface area (Å²) in [4.78, 5) is 13.8. The molecule has 1 heterocycles. The van der Waals surface area contributed by atoms with Gasteiger partial charge in [-0.3, -0.25) is 4.79 Å². The molecular formula is C11H16ClNO3. The molecule has 1 atom stereocenters. The number of rotatable bonds is 5.